The van der Waals surface area contributed by atoms with Crippen LogP contribution in [0, 0.1) is 0 Å². The van der Waals surface area contributed by atoms with Crippen LogP contribution in [0.15, 0.2) is 18.2 Å². The van der Waals surface area contributed by atoms with Gasteiger partial charge in [0.05, 0.1) is 11.0 Å². The molecule has 0 saturated heterocycles. The van der Waals surface area contributed by atoms with E-state index < -0.39 is 0 Å². The standard InChI is InChI=1S/C17H26N4O.ClH/c1-2-3-4-5-6-7-8-9-16(22)19-13-10-11-14-15(12-13)21-17(18)20-14;/h10-12H,2-9H2,1H3,(H,19,22)(H3,18,20,21);1H. The van der Waals surface area contributed by atoms with Crippen molar-refractivity contribution in [1.82, 2.24) is 9.97 Å². The number of imidazole rings is 1. The van der Waals surface area contributed by atoms with Gasteiger partial charge in [0.15, 0.2) is 5.95 Å². The summed E-state index contributed by atoms with van der Waals surface area (Å²) < 4.78 is 0. The molecule has 0 spiro atoms. The van der Waals surface area contributed by atoms with Crippen LogP contribution < -0.4 is 11.1 Å². The number of unbranched alkanes of at least 4 members (excludes halogenated alkanes) is 6. The number of amides is 1. The number of nitrogen functional groups attached to an aromatic ring is 1. The van der Waals surface area contributed by atoms with Crippen LogP contribution in [0.4, 0.5) is 11.6 Å². The molecular formula is C17H27ClN4O. The summed E-state index contributed by atoms with van der Waals surface area (Å²) in [6, 6.07) is 5.57. The molecule has 23 heavy (non-hydrogen) atoms. The number of benzene rings is 1. The van der Waals surface area contributed by atoms with Crippen molar-refractivity contribution < 1.29 is 4.79 Å². The molecule has 6 heteroatoms. The molecule has 0 radical (unpaired) electrons. The molecule has 1 heterocycles. The number of halogens is 1. The first-order chi connectivity index (χ1) is 10.7. The van der Waals surface area contributed by atoms with Gasteiger partial charge < -0.3 is 16.0 Å². The topological polar surface area (TPSA) is 83.8 Å². The SMILES string of the molecule is CCCCCCCCCC(=O)Nc1ccc2nc(N)[nH]c2c1.Cl. The van der Waals surface area contributed by atoms with Crippen molar-refractivity contribution in [1.29, 1.82) is 0 Å². The Labute approximate surface area is 143 Å². The number of H-pyrrole nitrogens is 1. The highest BCUT2D eigenvalue weighted by Gasteiger charge is 2.05. The molecule has 128 valence electrons. The van der Waals surface area contributed by atoms with Gasteiger partial charge in [0.25, 0.3) is 0 Å². The van der Waals surface area contributed by atoms with E-state index in [1.165, 1.54) is 32.1 Å². The molecular weight excluding hydrogens is 312 g/mol. The molecule has 2 rings (SSSR count). The Morgan fingerprint density at radius 1 is 1.17 bits per heavy atom. The molecule has 0 bridgehead atoms. The molecule has 0 unspecified atom stereocenters. The summed E-state index contributed by atoms with van der Waals surface area (Å²) >= 11 is 0. The van der Waals surface area contributed by atoms with Crippen LogP contribution in [0.5, 0.6) is 0 Å². The molecule has 0 aliphatic carbocycles. The Morgan fingerprint density at radius 3 is 2.61 bits per heavy atom. The largest absolute Gasteiger partial charge is 0.369 e. The van der Waals surface area contributed by atoms with E-state index in [2.05, 4.69) is 22.2 Å². The quantitative estimate of drug-likeness (QED) is 0.582. The fraction of sp³-hybridized carbons (Fsp3) is 0.529. The molecule has 1 aromatic carbocycles. The number of fused-ring (bicyclic) bond motifs is 1. The van der Waals surface area contributed by atoms with Crippen LogP contribution >= 0.6 is 12.4 Å². The van der Waals surface area contributed by atoms with Crippen molar-refractivity contribution >= 4 is 41.0 Å². The first-order valence-corrected chi connectivity index (χ1v) is 8.24. The number of nitrogens with zero attached hydrogens (tertiary/aromatic N) is 1. The van der Waals surface area contributed by atoms with Gasteiger partial charge in [-0.15, -0.1) is 12.4 Å². The van der Waals surface area contributed by atoms with Gasteiger partial charge in [-0.1, -0.05) is 45.4 Å². The van der Waals surface area contributed by atoms with Gasteiger partial charge in [0, 0.05) is 12.1 Å². The minimum absolute atomic E-state index is 0. The highest BCUT2D eigenvalue weighted by molar-refractivity contribution is 5.93. The van der Waals surface area contributed by atoms with Crippen molar-refractivity contribution in [3.05, 3.63) is 18.2 Å². The van der Waals surface area contributed by atoms with Gasteiger partial charge in [0.2, 0.25) is 5.91 Å². The molecule has 4 N–H and O–H groups in total. The first-order valence-electron chi connectivity index (χ1n) is 8.24. The summed E-state index contributed by atoms with van der Waals surface area (Å²) in [4.78, 5) is 19.0. The van der Waals surface area contributed by atoms with Crippen molar-refractivity contribution in [2.75, 3.05) is 11.1 Å². The predicted octanol–water partition coefficient (Wildman–Crippen LogP) is 4.65. The zero-order valence-corrected chi connectivity index (χ0v) is 14.5. The van der Waals surface area contributed by atoms with Crippen LogP contribution in [0.3, 0.4) is 0 Å². The highest BCUT2D eigenvalue weighted by Crippen LogP contribution is 2.18. The second-order valence-corrected chi connectivity index (χ2v) is 5.77. The van der Waals surface area contributed by atoms with Crippen molar-refractivity contribution in [3.63, 3.8) is 0 Å². The number of nitrogens with one attached hydrogen (secondary N) is 2. The third kappa shape index (κ3) is 6.48. The number of nitrogens with two attached hydrogens (primary N) is 1. The van der Waals surface area contributed by atoms with Gasteiger partial charge in [-0.05, 0) is 24.6 Å². The molecule has 0 aliphatic rings. The second-order valence-electron chi connectivity index (χ2n) is 5.77. The highest BCUT2D eigenvalue weighted by atomic mass is 35.5. The normalized spacial score (nSPS) is 10.5. The fourth-order valence-electron chi connectivity index (χ4n) is 2.57. The van der Waals surface area contributed by atoms with E-state index in [-0.39, 0.29) is 18.3 Å². The van der Waals surface area contributed by atoms with E-state index in [1.54, 1.807) is 0 Å². The molecule has 2 aromatic rings. The molecule has 0 saturated carbocycles. The smallest absolute Gasteiger partial charge is 0.224 e. The minimum Gasteiger partial charge on any atom is -0.369 e. The Bertz CT molecular complexity index is 612. The maximum Gasteiger partial charge on any atom is 0.224 e. The number of rotatable bonds is 9. The summed E-state index contributed by atoms with van der Waals surface area (Å²) in [5, 5.41) is 2.93. The molecule has 1 amide bonds. The Hall–Kier alpha value is -1.75. The third-order valence-corrected chi connectivity index (χ3v) is 3.79. The van der Waals surface area contributed by atoms with E-state index in [1.807, 2.05) is 18.2 Å². The van der Waals surface area contributed by atoms with Crippen LogP contribution in [-0.2, 0) is 4.79 Å². The summed E-state index contributed by atoms with van der Waals surface area (Å²) in [7, 11) is 0. The molecule has 0 aliphatic heterocycles. The van der Waals surface area contributed by atoms with Crippen LogP contribution in [0.2, 0.25) is 0 Å². The van der Waals surface area contributed by atoms with Gasteiger partial charge in [-0.2, -0.15) is 0 Å². The molecule has 5 nitrogen and oxygen atoms in total. The number of hydrogen-bond donors (Lipinski definition) is 3. The lowest BCUT2D eigenvalue weighted by atomic mass is 10.1. The number of carbonyl (C=O) groups excluding carboxylic acids is 1. The van der Waals surface area contributed by atoms with Crippen molar-refractivity contribution in [2.24, 2.45) is 0 Å². The van der Waals surface area contributed by atoms with Gasteiger partial charge >= 0.3 is 0 Å². The number of anilines is 2. The van der Waals surface area contributed by atoms with Crippen molar-refractivity contribution in [2.45, 2.75) is 58.3 Å². The Kier molecular flexibility index (Phi) is 8.48. The minimum atomic E-state index is 0. The monoisotopic (exact) mass is 338 g/mol. The molecule has 1 aromatic heterocycles. The van der Waals surface area contributed by atoms with Gasteiger partial charge in [-0.25, -0.2) is 4.98 Å². The lowest BCUT2D eigenvalue weighted by Gasteiger charge is -2.05. The Balaban J connectivity index is 0.00000264. The van der Waals surface area contributed by atoms with Crippen LogP contribution in [0.1, 0.15) is 58.3 Å². The zero-order valence-electron chi connectivity index (χ0n) is 13.7. The average Bonchev–Trinajstić information content (AvgIpc) is 2.85. The second kappa shape index (κ2) is 10.1. The summed E-state index contributed by atoms with van der Waals surface area (Å²) in [6.45, 7) is 2.22. The first kappa shape index (κ1) is 19.3. The van der Waals surface area contributed by atoms with E-state index in [4.69, 9.17) is 5.73 Å². The van der Waals surface area contributed by atoms with Gasteiger partial charge in [-0.3, -0.25) is 4.79 Å². The van der Waals surface area contributed by atoms with E-state index in [0.717, 1.165) is 29.6 Å². The maximum atomic E-state index is 11.9. The van der Waals surface area contributed by atoms with Crippen molar-refractivity contribution in [3.8, 4) is 0 Å². The van der Waals surface area contributed by atoms with E-state index in [9.17, 15) is 4.79 Å². The number of aromatic nitrogens is 2. The van der Waals surface area contributed by atoms with Crippen LogP contribution in [0.25, 0.3) is 11.0 Å². The van der Waals surface area contributed by atoms with Gasteiger partial charge in [0.1, 0.15) is 0 Å². The lowest BCUT2D eigenvalue weighted by molar-refractivity contribution is -0.116. The molecule has 0 fully saturated rings. The number of hydrogen-bond acceptors (Lipinski definition) is 3. The average molecular weight is 339 g/mol. The lowest BCUT2D eigenvalue weighted by Crippen LogP contribution is -2.10. The summed E-state index contributed by atoms with van der Waals surface area (Å²) in [5.74, 6) is 0.460. The Morgan fingerprint density at radius 2 is 1.87 bits per heavy atom. The van der Waals surface area contributed by atoms with E-state index >= 15 is 0 Å². The summed E-state index contributed by atoms with van der Waals surface area (Å²) in [5.41, 5.74) is 8.04. The molecule has 0 atom stereocenters. The maximum absolute atomic E-state index is 11.9. The number of carbonyl (C=O) groups is 1. The fourth-order valence-corrected chi connectivity index (χ4v) is 2.57. The summed E-state index contributed by atoms with van der Waals surface area (Å²) in [6.07, 6.45) is 9.09. The van der Waals surface area contributed by atoms with E-state index in [0.29, 0.717) is 12.4 Å². The third-order valence-electron chi connectivity index (χ3n) is 3.79. The predicted molar refractivity (Wildman–Crippen MR) is 99.0 cm³/mol. The zero-order chi connectivity index (χ0) is 15.8. The van der Waals surface area contributed by atoms with Crippen LogP contribution in [-0.4, -0.2) is 15.9 Å². The number of aromatic amines is 1.